The summed E-state index contributed by atoms with van der Waals surface area (Å²) in [5.41, 5.74) is -2.45. The Labute approximate surface area is 212 Å². The van der Waals surface area contributed by atoms with Crippen LogP contribution in [0.5, 0.6) is 0 Å². The second-order valence-corrected chi connectivity index (χ2v) is 9.54. The molecule has 1 saturated heterocycles. The number of hydrogen-bond donors (Lipinski definition) is 3. The maximum atomic E-state index is 15.1. The number of hydrogen-bond acceptors (Lipinski definition) is 10. The normalized spacial score (nSPS) is 14.3. The molecule has 5 heterocycles. The monoisotopic (exact) mass is 525 g/mol. The highest BCUT2D eigenvalue weighted by Crippen LogP contribution is 2.31. The van der Waals surface area contributed by atoms with Gasteiger partial charge in [-0.1, -0.05) is 0 Å². The van der Waals surface area contributed by atoms with Gasteiger partial charge in [-0.15, -0.1) is 11.3 Å². The van der Waals surface area contributed by atoms with Crippen molar-refractivity contribution in [3.05, 3.63) is 63.8 Å². The summed E-state index contributed by atoms with van der Waals surface area (Å²) in [4.78, 5) is 52.7. The molecule has 0 unspecified atom stereocenters. The van der Waals surface area contributed by atoms with Crippen LogP contribution in [0.4, 0.5) is 21.7 Å². The van der Waals surface area contributed by atoms with E-state index >= 15 is 4.39 Å². The third-order valence-electron chi connectivity index (χ3n) is 5.90. The summed E-state index contributed by atoms with van der Waals surface area (Å²) >= 11 is 1.17. The number of nitrogens with zero attached hydrogens (tertiary/aromatic N) is 6. The lowest BCUT2D eigenvalue weighted by atomic mass is 9.93. The summed E-state index contributed by atoms with van der Waals surface area (Å²) < 4.78 is 16.4. The third kappa shape index (κ3) is 4.25. The van der Waals surface area contributed by atoms with Crippen LogP contribution in [0.1, 0.15) is 10.4 Å². The maximum Gasteiger partial charge on any atom is 0.341 e. The van der Waals surface area contributed by atoms with Gasteiger partial charge in [0.2, 0.25) is 5.43 Å². The Kier molecular flexibility index (Phi) is 5.84. The van der Waals surface area contributed by atoms with Crippen LogP contribution in [0, 0.1) is 5.82 Å². The van der Waals surface area contributed by atoms with Crippen molar-refractivity contribution >= 4 is 51.6 Å². The quantitative estimate of drug-likeness (QED) is 0.336. The van der Waals surface area contributed by atoms with Crippen LogP contribution in [-0.2, 0) is 4.79 Å². The zero-order chi connectivity index (χ0) is 26.5. The number of halogens is 1. The first-order valence-corrected chi connectivity index (χ1v) is 11.8. The molecule has 14 heteroatoms. The molecular weight excluding hydrogens is 505 g/mol. The fourth-order valence-electron chi connectivity index (χ4n) is 3.91. The van der Waals surface area contributed by atoms with Gasteiger partial charge in [0.25, 0.3) is 5.91 Å². The first-order valence-electron chi connectivity index (χ1n) is 10.9. The highest BCUT2D eigenvalue weighted by Gasteiger charge is 2.49. The molecule has 5 rings (SSSR count). The average Bonchev–Trinajstić information content (AvgIpc) is 3.37. The number of carbonyl (C=O) groups excluding carboxylic acids is 1. The molecule has 0 bridgehead atoms. The number of aromatic carboxylic acids is 1. The highest BCUT2D eigenvalue weighted by molar-refractivity contribution is 7.12. The topological polar surface area (TPSA) is 154 Å². The van der Waals surface area contributed by atoms with E-state index in [0.29, 0.717) is 5.13 Å². The van der Waals surface area contributed by atoms with Crippen LogP contribution in [0.15, 0.2) is 47.0 Å². The van der Waals surface area contributed by atoms with Crippen LogP contribution in [0.25, 0.3) is 16.2 Å². The van der Waals surface area contributed by atoms with Crippen LogP contribution >= 0.6 is 11.3 Å². The van der Waals surface area contributed by atoms with Crippen molar-refractivity contribution in [1.82, 2.24) is 19.5 Å². The third-order valence-corrected chi connectivity index (χ3v) is 6.67. The number of nitrogens with one attached hydrogen (secondary N) is 1. The Morgan fingerprint density at radius 3 is 2.59 bits per heavy atom. The van der Waals surface area contributed by atoms with Crippen LogP contribution < -0.4 is 20.5 Å². The van der Waals surface area contributed by atoms with Crippen molar-refractivity contribution in [2.45, 2.75) is 5.60 Å². The van der Waals surface area contributed by atoms with Crippen molar-refractivity contribution in [3.8, 4) is 5.13 Å². The number of carbonyl (C=O) groups is 2. The molecule has 190 valence electrons. The second-order valence-electron chi connectivity index (χ2n) is 8.66. The van der Waals surface area contributed by atoms with Gasteiger partial charge < -0.3 is 25.3 Å². The predicted molar refractivity (Wildman–Crippen MR) is 134 cm³/mol. The number of fused-ring (bicyclic) bond motifs is 1. The van der Waals surface area contributed by atoms with Crippen molar-refractivity contribution in [1.29, 1.82) is 0 Å². The molecule has 4 aromatic heterocycles. The minimum absolute atomic E-state index is 0.00794. The first kappa shape index (κ1) is 24.3. The average molecular weight is 526 g/mol. The molecule has 0 radical (unpaired) electrons. The van der Waals surface area contributed by atoms with Gasteiger partial charge >= 0.3 is 5.97 Å². The number of rotatable bonds is 6. The lowest BCUT2D eigenvalue weighted by molar-refractivity contribution is -0.136. The molecule has 37 heavy (non-hydrogen) atoms. The van der Waals surface area contributed by atoms with Crippen molar-refractivity contribution in [3.63, 3.8) is 0 Å². The molecule has 0 aliphatic carbocycles. The Morgan fingerprint density at radius 1 is 1.24 bits per heavy atom. The number of pyridine rings is 3. The molecule has 0 saturated carbocycles. The number of carboxylic acid groups (broad SMARTS) is 1. The summed E-state index contributed by atoms with van der Waals surface area (Å²) in [6, 6.07) is 4.26. The van der Waals surface area contributed by atoms with Gasteiger partial charge in [0.1, 0.15) is 11.4 Å². The van der Waals surface area contributed by atoms with Gasteiger partial charge in [-0.3, -0.25) is 14.2 Å². The maximum absolute atomic E-state index is 15.1. The SMILES string of the molecule is CN(C)c1ccc(NC(=O)C2(O)CN(c3nc4c(cc3F)c(=O)c(C(=O)O)cn4-c3nccs3)C2)nc1. The van der Waals surface area contributed by atoms with Crippen molar-refractivity contribution in [2.24, 2.45) is 0 Å². The molecule has 12 nitrogen and oxygen atoms in total. The number of carboxylic acids is 1. The minimum atomic E-state index is -1.83. The Bertz CT molecular complexity index is 1580. The lowest BCUT2D eigenvalue weighted by Gasteiger charge is -2.45. The summed E-state index contributed by atoms with van der Waals surface area (Å²) in [6.45, 7) is -0.530. The molecule has 0 aromatic carbocycles. The zero-order valence-electron chi connectivity index (χ0n) is 19.5. The zero-order valence-corrected chi connectivity index (χ0v) is 20.4. The van der Waals surface area contributed by atoms with Crippen LogP contribution in [0.2, 0.25) is 0 Å². The molecule has 1 fully saturated rings. The summed E-state index contributed by atoms with van der Waals surface area (Å²) in [5, 5.41) is 24.5. The molecule has 0 atom stereocenters. The van der Waals surface area contributed by atoms with Gasteiger partial charge in [0, 0.05) is 31.9 Å². The fourth-order valence-corrected chi connectivity index (χ4v) is 4.52. The standard InChI is InChI=1S/C23H20FN7O5S/c1-29(2)12-3-4-16(26-8-12)27-21(35)23(36)10-30(11-23)19-15(24)7-13-17(32)14(20(33)34)9-31(18(13)28-19)22-25-5-6-37-22/h3-9,36H,10-11H2,1-2H3,(H,33,34)(H,26,27,35). The molecule has 1 aliphatic heterocycles. The Hall–Kier alpha value is -4.43. The van der Waals surface area contributed by atoms with Gasteiger partial charge in [0.15, 0.2) is 28.0 Å². The lowest BCUT2D eigenvalue weighted by Crippen LogP contribution is -2.68. The van der Waals surface area contributed by atoms with E-state index in [1.165, 1.54) is 27.0 Å². The van der Waals surface area contributed by atoms with Crippen LogP contribution in [-0.4, -0.2) is 74.4 Å². The largest absolute Gasteiger partial charge is 0.477 e. The summed E-state index contributed by atoms with van der Waals surface area (Å²) in [7, 11) is 3.70. The van der Waals surface area contributed by atoms with Gasteiger partial charge in [0.05, 0.1) is 30.4 Å². The summed E-state index contributed by atoms with van der Waals surface area (Å²) in [5.74, 6) is -3.03. The van der Waals surface area contributed by atoms with Gasteiger partial charge in [-0.05, 0) is 18.2 Å². The van der Waals surface area contributed by atoms with Gasteiger partial charge in [-0.25, -0.2) is 24.1 Å². The van der Waals surface area contributed by atoms with E-state index in [2.05, 4.69) is 20.3 Å². The number of thiazole rings is 1. The van der Waals surface area contributed by atoms with E-state index in [-0.39, 0.29) is 35.8 Å². The predicted octanol–water partition coefficient (Wildman–Crippen LogP) is 1.33. The van der Waals surface area contributed by atoms with E-state index in [4.69, 9.17) is 0 Å². The molecule has 1 amide bonds. The summed E-state index contributed by atoms with van der Waals surface area (Å²) in [6.07, 6.45) is 4.15. The smallest absolute Gasteiger partial charge is 0.341 e. The van der Waals surface area contributed by atoms with E-state index in [0.717, 1.165) is 18.0 Å². The molecule has 0 spiro atoms. The van der Waals surface area contributed by atoms with Crippen LogP contribution in [0.3, 0.4) is 0 Å². The Balaban J connectivity index is 1.44. The second kappa shape index (κ2) is 8.90. The van der Waals surface area contributed by atoms with E-state index < -0.39 is 34.3 Å². The first-order chi connectivity index (χ1) is 17.6. The number of aliphatic hydroxyl groups is 1. The minimum Gasteiger partial charge on any atom is -0.477 e. The Morgan fingerprint density at radius 2 is 2.00 bits per heavy atom. The number of amides is 1. The van der Waals surface area contributed by atoms with E-state index in [9.17, 15) is 24.6 Å². The molecule has 4 aromatic rings. The number of anilines is 3. The number of β-amino-alcohol motifs (C(OH)–C–C–N with tert-alkyl or cyclic N) is 1. The molecule has 1 aliphatic rings. The van der Waals surface area contributed by atoms with E-state index in [1.54, 1.807) is 23.7 Å². The van der Waals surface area contributed by atoms with E-state index in [1.807, 2.05) is 19.0 Å². The highest BCUT2D eigenvalue weighted by atomic mass is 32.1. The number of aromatic nitrogens is 4. The molecule has 3 N–H and O–H groups in total. The van der Waals surface area contributed by atoms with Crippen molar-refractivity contribution < 1.29 is 24.2 Å². The van der Waals surface area contributed by atoms with Gasteiger partial charge in [-0.2, -0.15) is 0 Å². The van der Waals surface area contributed by atoms with Crippen molar-refractivity contribution in [2.75, 3.05) is 42.3 Å². The fraction of sp³-hybridized carbons (Fsp3) is 0.217. The molecular formula is C23H20FN7O5S.